The van der Waals surface area contributed by atoms with Crippen LogP contribution in [0, 0.1) is 11.3 Å². The molecule has 2 aromatic carbocycles. The van der Waals surface area contributed by atoms with Crippen LogP contribution in [0.5, 0.6) is 0 Å². The quantitative estimate of drug-likeness (QED) is 0.886. The molecule has 0 aliphatic rings. The second kappa shape index (κ2) is 5.83. The molecule has 0 bridgehead atoms. The Balaban J connectivity index is 2.27. The molecule has 2 rings (SSSR count). The molecule has 0 aliphatic carbocycles. The Morgan fingerprint density at radius 1 is 1.10 bits per heavy atom. The van der Waals surface area contributed by atoms with Gasteiger partial charge in [0, 0.05) is 11.4 Å². The predicted molar refractivity (Wildman–Crippen MR) is 77.9 cm³/mol. The van der Waals surface area contributed by atoms with E-state index in [2.05, 4.69) is 5.32 Å². The van der Waals surface area contributed by atoms with Crippen molar-refractivity contribution < 1.29 is 9.90 Å². The lowest BCUT2D eigenvalue weighted by Crippen LogP contribution is -1.98. The van der Waals surface area contributed by atoms with Gasteiger partial charge in [-0.1, -0.05) is 23.2 Å². The maximum atomic E-state index is 10.9. The second-order valence-electron chi connectivity index (χ2n) is 3.93. The van der Waals surface area contributed by atoms with Gasteiger partial charge in [0.1, 0.15) is 6.07 Å². The van der Waals surface area contributed by atoms with Gasteiger partial charge < -0.3 is 10.4 Å². The smallest absolute Gasteiger partial charge is 0.337 e. The van der Waals surface area contributed by atoms with Gasteiger partial charge in [0.05, 0.1) is 21.2 Å². The van der Waals surface area contributed by atoms with Crippen molar-refractivity contribution in [1.29, 1.82) is 5.26 Å². The molecule has 6 heteroatoms. The summed E-state index contributed by atoms with van der Waals surface area (Å²) in [5, 5.41) is 21.2. The van der Waals surface area contributed by atoms with E-state index in [0.29, 0.717) is 22.0 Å². The van der Waals surface area contributed by atoms with Crippen molar-refractivity contribution in [2.75, 3.05) is 5.32 Å². The van der Waals surface area contributed by atoms with Gasteiger partial charge in [0.2, 0.25) is 0 Å². The number of carbonyl (C=O) groups is 1. The highest BCUT2D eigenvalue weighted by Crippen LogP contribution is 2.26. The number of hydrogen-bond acceptors (Lipinski definition) is 3. The lowest BCUT2D eigenvalue weighted by molar-refractivity contribution is 0.0697. The summed E-state index contributed by atoms with van der Waals surface area (Å²) < 4.78 is 0. The normalized spacial score (nSPS) is 9.85. The first-order valence-corrected chi connectivity index (χ1v) is 6.26. The molecule has 0 saturated heterocycles. The minimum atomic E-state index is -1.08. The van der Waals surface area contributed by atoms with Gasteiger partial charge in [-0.3, -0.25) is 0 Å². The van der Waals surface area contributed by atoms with Gasteiger partial charge in [0.15, 0.2) is 0 Å². The van der Waals surface area contributed by atoms with Crippen LogP contribution in [0.25, 0.3) is 0 Å². The maximum absolute atomic E-state index is 10.9. The molecule has 0 fully saturated rings. The van der Waals surface area contributed by atoms with Crippen LogP contribution in [0.4, 0.5) is 11.4 Å². The third kappa shape index (κ3) is 3.02. The lowest BCUT2D eigenvalue weighted by atomic mass is 10.2. The molecule has 0 unspecified atom stereocenters. The number of carboxylic acid groups (broad SMARTS) is 1. The van der Waals surface area contributed by atoms with E-state index >= 15 is 0 Å². The van der Waals surface area contributed by atoms with Crippen molar-refractivity contribution in [3.05, 3.63) is 57.6 Å². The minimum Gasteiger partial charge on any atom is -0.478 e. The number of halogens is 2. The Kier molecular flexibility index (Phi) is 4.14. The Labute approximate surface area is 125 Å². The predicted octanol–water partition coefficient (Wildman–Crippen LogP) is 4.31. The van der Waals surface area contributed by atoms with Crippen molar-refractivity contribution in [1.82, 2.24) is 0 Å². The Morgan fingerprint density at radius 3 is 2.20 bits per heavy atom. The van der Waals surface area contributed by atoms with E-state index in [1.54, 1.807) is 24.3 Å². The van der Waals surface area contributed by atoms with Crippen molar-refractivity contribution in [3.8, 4) is 6.07 Å². The van der Waals surface area contributed by atoms with Crippen LogP contribution in [0.2, 0.25) is 10.0 Å². The Hall–Kier alpha value is -2.22. The second-order valence-corrected chi connectivity index (χ2v) is 4.75. The molecule has 0 saturated carbocycles. The zero-order valence-corrected chi connectivity index (χ0v) is 11.5. The summed E-state index contributed by atoms with van der Waals surface area (Å²) in [7, 11) is 0. The zero-order chi connectivity index (χ0) is 14.7. The van der Waals surface area contributed by atoms with Crippen molar-refractivity contribution in [2.45, 2.75) is 0 Å². The van der Waals surface area contributed by atoms with Gasteiger partial charge in [-0.15, -0.1) is 0 Å². The summed E-state index contributed by atoms with van der Waals surface area (Å²) in [6, 6.07) is 11.4. The maximum Gasteiger partial charge on any atom is 0.337 e. The van der Waals surface area contributed by atoms with Crippen LogP contribution < -0.4 is 5.32 Å². The van der Waals surface area contributed by atoms with Gasteiger partial charge in [-0.2, -0.15) is 5.26 Å². The molecule has 0 spiro atoms. The molecule has 0 aliphatic heterocycles. The van der Waals surface area contributed by atoms with E-state index in [4.69, 9.17) is 33.6 Å². The molecule has 2 aromatic rings. The number of rotatable bonds is 3. The first-order valence-electron chi connectivity index (χ1n) is 5.51. The van der Waals surface area contributed by atoms with E-state index in [1.165, 1.54) is 12.1 Å². The standard InChI is InChI=1S/C14H8Cl2N2O2/c15-12-5-9(2-1-8(12)7-17)18-10-3-4-11(14(19)20)13(16)6-10/h1-6,18H,(H,19,20). The molecule has 0 radical (unpaired) electrons. The SMILES string of the molecule is N#Cc1ccc(Nc2ccc(C(=O)O)c(Cl)c2)cc1Cl. The molecular formula is C14H8Cl2N2O2. The van der Waals surface area contributed by atoms with Crippen LogP contribution >= 0.6 is 23.2 Å². The van der Waals surface area contributed by atoms with E-state index in [0.717, 1.165) is 0 Å². The van der Waals surface area contributed by atoms with E-state index in [9.17, 15) is 4.79 Å². The van der Waals surface area contributed by atoms with Gasteiger partial charge in [-0.25, -0.2) is 4.79 Å². The summed E-state index contributed by atoms with van der Waals surface area (Å²) >= 11 is 11.8. The zero-order valence-electron chi connectivity index (χ0n) is 10.0. The molecule has 0 aromatic heterocycles. The van der Waals surface area contributed by atoms with Gasteiger partial charge in [-0.05, 0) is 36.4 Å². The largest absolute Gasteiger partial charge is 0.478 e. The van der Waals surface area contributed by atoms with Crippen LogP contribution in [0.15, 0.2) is 36.4 Å². The van der Waals surface area contributed by atoms with Crippen molar-refractivity contribution in [3.63, 3.8) is 0 Å². The fourth-order valence-corrected chi connectivity index (χ4v) is 2.10. The molecule has 100 valence electrons. The molecule has 4 nitrogen and oxygen atoms in total. The molecular weight excluding hydrogens is 299 g/mol. The fraction of sp³-hybridized carbons (Fsp3) is 0. The fourth-order valence-electron chi connectivity index (χ4n) is 1.62. The van der Waals surface area contributed by atoms with Gasteiger partial charge >= 0.3 is 5.97 Å². The average Bonchev–Trinajstić information content (AvgIpc) is 2.38. The third-order valence-corrected chi connectivity index (χ3v) is 3.20. The van der Waals surface area contributed by atoms with E-state index in [1.807, 2.05) is 6.07 Å². The number of benzene rings is 2. The van der Waals surface area contributed by atoms with E-state index < -0.39 is 5.97 Å². The van der Waals surface area contributed by atoms with Crippen LogP contribution in [-0.2, 0) is 0 Å². The number of carboxylic acids is 1. The number of nitrogens with one attached hydrogen (secondary N) is 1. The molecule has 0 heterocycles. The molecule has 0 amide bonds. The summed E-state index contributed by atoms with van der Waals surface area (Å²) in [5.74, 6) is -1.08. The topological polar surface area (TPSA) is 73.1 Å². The summed E-state index contributed by atoms with van der Waals surface area (Å²) in [5.41, 5.74) is 1.72. The Morgan fingerprint density at radius 2 is 1.70 bits per heavy atom. The monoisotopic (exact) mass is 306 g/mol. The van der Waals surface area contributed by atoms with Crippen LogP contribution in [0.1, 0.15) is 15.9 Å². The highest BCUT2D eigenvalue weighted by atomic mass is 35.5. The minimum absolute atomic E-state index is 0.0371. The molecule has 20 heavy (non-hydrogen) atoms. The van der Waals surface area contributed by atoms with Crippen molar-refractivity contribution in [2.24, 2.45) is 0 Å². The highest BCUT2D eigenvalue weighted by Gasteiger charge is 2.09. The first-order chi connectivity index (χ1) is 9.51. The van der Waals surface area contributed by atoms with Crippen LogP contribution in [0.3, 0.4) is 0 Å². The summed E-state index contributed by atoms with van der Waals surface area (Å²) in [6.07, 6.45) is 0. The number of anilines is 2. The number of aromatic carboxylic acids is 1. The van der Waals surface area contributed by atoms with Crippen LogP contribution in [-0.4, -0.2) is 11.1 Å². The highest BCUT2D eigenvalue weighted by molar-refractivity contribution is 6.33. The van der Waals surface area contributed by atoms with E-state index in [-0.39, 0.29) is 10.6 Å². The average molecular weight is 307 g/mol. The molecule has 2 N–H and O–H groups in total. The third-order valence-electron chi connectivity index (χ3n) is 2.58. The molecule has 0 atom stereocenters. The number of nitriles is 1. The van der Waals surface area contributed by atoms with Crippen molar-refractivity contribution >= 4 is 40.5 Å². The van der Waals surface area contributed by atoms with Gasteiger partial charge in [0.25, 0.3) is 0 Å². The Bertz CT molecular complexity index is 724. The first kappa shape index (κ1) is 14.2. The number of hydrogen-bond donors (Lipinski definition) is 2. The summed E-state index contributed by atoms with van der Waals surface area (Å²) in [6.45, 7) is 0. The lowest BCUT2D eigenvalue weighted by Gasteiger charge is -2.08. The summed E-state index contributed by atoms with van der Waals surface area (Å²) in [4.78, 5) is 10.9. The number of nitrogens with zero attached hydrogens (tertiary/aromatic N) is 1.